The van der Waals surface area contributed by atoms with E-state index in [-0.39, 0.29) is 12.5 Å². The Morgan fingerprint density at radius 3 is 2.47 bits per heavy atom. The molecule has 0 heterocycles. The molecule has 1 fully saturated rings. The lowest BCUT2D eigenvalue weighted by atomic mass is 10.2. The van der Waals surface area contributed by atoms with Crippen molar-refractivity contribution in [1.82, 2.24) is 4.90 Å². The third-order valence-corrected chi connectivity index (χ3v) is 4.34. The van der Waals surface area contributed by atoms with E-state index < -0.39 is 0 Å². The van der Waals surface area contributed by atoms with Crippen molar-refractivity contribution in [3.8, 4) is 0 Å². The van der Waals surface area contributed by atoms with Crippen LogP contribution in [0.4, 0.5) is 0 Å². The molecule has 2 rings (SSSR count). The quantitative estimate of drug-likeness (QED) is 0.833. The molecule has 104 valence electrons. The van der Waals surface area contributed by atoms with Crippen molar-refractivity contribution in [2.24, 2.45) is 0 Å². The first kappa shape index (κ1) is 14.4. The summed E-state index contributed by atoms with van der Waals surface area (Å²) in [6.07, 6.45) is 2.35. The summed E-state index contributed by atoms with van der Waals surface area (Å²) in [5, 5.41) is 8.97. The van der Waals surface area contributed by atoms with E-state index in [1.54, 1.807) is 11.8 Å². The number of aliphatic hydroxyl groups is 1. The first-order valence-electron chi connectivity index (χ1n) is 6.80. The van der Waals surface area contributed by atoms with Crippen LogP contribution in [0.3, 0.4) is 0 Å². The molecule has 1 amide bonds. The molecule has 0 radical (unpaired) electrons. The molecule has 1 aliphatic rings. The van der Waals surface area contributed by atoms with Crippen LogP contribution < -0.4 is 0 Å². The lowest BCUT2D eigenvalue weighted by Crippen LogP contribution is -2.34. The summed E-state index contributed by atoms with van der Waals surface area (Å²) in [5.74, 6) is 1.67. The van der Waals surface area contributed by atoms with Gasteiger partial charge in [0.05, 0.1) is 12.4 Å². The Kier molecular flexibility index (Phi) is 5.28. The van der Waals surface area contributed by atoms with Gasteiger partial charge in [-0.2, -0.15) is 0 Å². The van der Waals surface area contributed by atoms with Crippen LogP contribution in [-0.2, 0) is 17.2 Å². The number of aliphatic hydroxyl groups excluding tert-OH is 1. The zero-order chi connectivity index (χ0) is 13.7. The Balaban J connectivity index is 1.74. The molecule has 0 unspecified atom stereocenters. The van der Waals surface area contributed by atoms with E-state index >= 15 is 0 Å². The third kappa shape index (κ3) is 4.25. The number of benzene rings is 1. The SMILES string of the molecule is CCN(C(=O)CSCc1ccc(CO)cc1)C1CC1. The van der Waals surface area contributed by atoms with Gasteiger partial charge in [0.25, 0.3) is 0 Å². The molecule has 3 nitrogen and oxygen atoms in total. The van der Waals surface area contributed by atoms with Gasteiger partial charge < -0.3 is 10.0 Å². The highest BCUT2D eigenvalue weighted by Crippen LogP contribution is 2.27. The molecule has 4 heteroatoms. The van der Waals surface area contributed by atoms with Gasteiger partial charge in [-0.25, -0.2) is 0 Å². The van der Waals surface area contributed by atoms with E-state index in [4.69, 9.17) is 5.11 Å². The minimum absolute atomic E-state index is 0.0821. The van der Waals surface area contributed by atoms with Crippen LogP contribution in [0.2, 0.25) is 0 Å². The minimum atomic E-state index is 0.0821. The van der Waals surface area contributed by atoms with Gasteiger partial charge in [-0.1, -0.05) is 24.3 Å². The van der Waals surface area contributed by atoms with Crippen molar-refractivity contribution in [3.63, 3.8) is 0 Å². The summed E-state index contributed by atoms with van der Waals surface area (Å²) in [6.45, 7) is 2.96. The molecule has 0 aromatic heterocycles. The molecule has 0 aliphatic heterocycles. The van der Waals surface area contributed by atoms with Gasteiger partial charge in [0.1, 0.15) is 0 Å². The normalized spacial score (nSPS) is 14.4. The molecule has 1 aliphatic carbocycles. The summed E-state index contributed by atoms with van der Waals surface area (Å²) in [7, 11) is 0. The van der Waals surface area contributed by atoms with Gasteiger partial charge in [-0.05, 0) is 30.9 Å². The number of rotatable bonds is 7. The Morgan fingerprint density at radius 2 is 1.95 bits per heavy atom. The maximum Gasteiger partial charge on any atom is 0.232 e. The molecule has 1 saturated carbocycles. The number of hydrogen-bond donors (Lipinski definition) is 1. The van der Waals surface area contributed by atoms with Crippen molar-refractivity contribution in [2.75, 3.05) is 12.3 Å². The second-order valence-electron chi connectivity index (χ2n) is 4.88. The second-order valence-corrected chi connectivity index (χ2v) is 5.86. The Bertz CT molecular complexity index is 415. The molecule has 1 N–H and O–H groups in total. The van der Waals surface area contributed by atoms with Crippen molar-refractivity contribution in [1.29, 1.82) is 0 Å². The zero-order valence-corrected chi connectivity index (χ0v) is 12.2. The Hall–Kier alpha value is -1.00. The second kappa shape index (κ2) is 6.96. The average Bonchev–Trinajstić information content (AvgIpc) is 3.25. The van der Waals surface area contributed by atoms with Gasteiger partial charge in [0.15, 0.2) is 0 Å². The van der Waals surface area contributed by atoms with E-state index in [0.717, 1.165) is 17.9 Å². The van der Waals surface area contributed by atoms with Crippen LogP contribution >= 0.6 is 11.8 Å². The predicted molar refractivity (Wildman–Crippen MR) is 78.9 cm³/mol. The summed E-state index contributed by atoms with van der Waals surface area (Å²) < 4.78 is 0. The highest BCUT2D eigenvalue weighted by molar-refractivity contribution is 7.99. The number of carbonyl (C=O) groups is 1. The molecule has 0 spiro atoms. The van der Waals surface area contributed by atoms with Crippen LogP contribution in [0.1, 0.15) is 30.9 Å². The molecule has 1 aromatic carbocycles. The van der Waals surface area contributed by atoms with Gasteiger partial charge >= 0.3 is 0 Å². The summed E-state index contributed by atoms with van der Waals surface area (Å²) in [5.41, 5.74) is 2.13. The topological polar surface area (TPSA) is 40.5 Å². The van der Waals surface area contributed by atoms with Gasteiger partial charge in [-0.15, -0.1) is 11.8 Å². The number of amides is 1. The molecule has 1 aromatic rings. The van der Waals surface area contributed by atoms with Crippen LogP contribution in [0.25, 0.3) is 0 Å². The lowest BCUT2D eigenvalue weighted by Gasteiger charge is -2.20. The average molecular weight is 279 g/mol. The number of hydrogen-bond acceptors (Lipinski definition) is 3. The number of thioether (sulfide) groups is 1. The third-order valence-electron chi connectivity index (χ3n) is 3.35. The minimum Gasteiger partial charge on any atom is -0.392 e. The molecule has 0 bridgehead atoms. The molecule has 0 saturated heterocycles. The first-order chi connectivity index (χ1) is 9.24. The Morgan fingerprint density at radius 1 is 1.32 bits per heavy atom. The van der Waals surface area contributed by atoms with E-state index in [2.05, 4.69) is 6.92 Å². The Labute approximate surface area is 119 Å². The predicted octanol–water partition coefficient (Wildman–Crippen LogP) is 2.42. The van der Waals surface area contributed by atoms with Crippen molar-refractivity contribution in [2.45, 2.75) is 38.2 Å². The lowest BCUT2D eigenvalue weighted by molar-refractivity contribution is -0.128. The highest BCUT2D eigenvalue weighted by atomic mass is 32.2. The van der Waals surface area contributed by atoms with E-state index in [1.807, 2.05) is 29.2 Å². The molecule has 19 heavy (non-hydrogen) atoms. The highest BCUT2D eigenvalue weighted by Gasteiger charge is 2.30. The van der Waals surface area contributed by atoms with Crippen LogP contribution in [0.15, 0.2) is 24.3 Å². The summed E-state index contributed by atoms with van der Waals surface area (Å²) >= 11 is 1.66. The number of carbonyl (C=O) groups excluding carboxylic acids is 1. The van der Waals surface area contributed by atoms with Crippen LogP contribution in [-0.4, -0.2) is 34.3 Å². The first-order valence-corrected chi connectivity index (χ1v) is 7.96. The standard InChI is InChI=1S/C15H21NO2S/c1-2-16(14-7-8-14)15(18)11-19-10-13-5-3-12(9-17)4-6-13/h3-6,14,17H,2,7-11H2,1H3. The monoisotopic (exact) mass is 279 g/mol. The van der Waals surface area contributed by atoms with Crippen LogP contribution in [0.5, 0.6) is 0 Å². The largest absolute Gasteiger partial charge is 0.392 e. The van der Waals surface area contributed by atoms with Gasteiger partial charge in [0, 0.05) is 18.3 Å². The van der Waals surface area contributed by atoms with E-state index in [0.29, 0.717) is 11.8 Å². The summed E-state index contributed by atoms with van der Waals surface area (Å²) in [4.78, 5) is 14.0. The van der Waals surface area contributed by atoms with Crippen molar-refractivity contribution in [3.05, 3.63) is 35.4 Å². The zero-order valence-electron chi connectivity index (χ0n) is 11.3. The fourth-order valence-corrected chi connectivity index (χ4v) is 2.98. The van der Waals surface area contributed by atoms with E-state index in [1.165, 1.54) is 18.4 Å². The summed E-state index contributed by atoms with van der Waals surface area (Å²) in [6, 6.07) is 8.41. The van der Waals surface area contributed by atoms with Crippen molar-refractivity contribution < 1.29 is 9.90 Å². The van der Waals surface area contributed by atoms with Gasteiger partial charge in [0.2, 0.25) is 5.91 Å². The fraction of sp³-hybridized carbons (Fsp3) is 0.533. The van der Waals surface area contributed by atoms with Gasteiger partial charge in [-0.3, -0.25) is 4.79 Å². The molecular weight excluding hydrogens is 258 g/mol. The van der Waals surface area contributed by atoms with Crippen LogP contribution in [0, 0.1) is 0 Å². The van der Waals surface area contributed by atoms with E-state index in [9.17, 15) is 4.79 Å². The smallest absolute Gasteiger partial charge is 0.232 e. The molecule has 0 atom stereocenters. The maximum atomic E-state index is 12.0. The number of nitrogens with zero attached hydrogens (tertiary/aromatic N) is 1. The fourth-order valence-electron chi connectivity index (χ4n) is 2.10. The molecular formula is C15H21NO2S. The van der Waals surface area contributed by atoms with Crippen molar-refractivity contribution >= 4 is 17.7 Å². The maximum absolute atomic E-state index is 12.0.